The van der Waals surface area contributed by atoms with E-state index < -0.39 is 45.5 Å². The Balaban J connectivity index is 3.59. The van der Waals surface area contributed by atoms with E-state index in [4.69, 9.17) is 24.7 Å². The smallest absolute Gasteiger partial charge is 0.306 e. The monoisotopic (exact) mass is 869 g/mol. The van der Waals surface area contributed by atoms with Gasteiger partial charge in [-0.2, -0.15) is 0 Å². The maximum absolute atomic E-state index is 13.8. The number of hydrogen-bond donors (Lipinski definition) is 3. The lowest BCUT2D eigenvalue weighted by atomic mass is 9.80. The van der Waals surface area contributed by atoms with Gasteiger partial charge < -0.3 is 45.0 Å². The van der Waals surface area contributed by atoms with Crippen molar-refractivity contribution in [3.8, 4) is 11.5 Å². The molecule has 3 amide bonds. The normalized spacial score (nSPS) is 13.4. The minimum absolute atomic E-state index is 0.0141. The number of benzene rings is 1. The Bertz CT molecular complexity index is 1510. The summed E-state index contributed by atoms with van der Waals surface area (Å²) in [4.78, 5) is 83.0. The van der Waals surface area contributed by atoms with Crippen LogP contribution in [0.2, 0.25) is 0 Å². The number of esters is 1. The number of primary amides is 1. The van der Waals surface area contributed by atoms with Crippen molar-refractivity contribution in [1.82, 2.24) is 10.6 Å². The fourth-order valence-electron chi connectivity index (χ4n) is 6.52. The first kappa shape index (κ1) is 54.1. The quantitative estimate of drug-likeness (QED) is 0.0328. The van der Waals surface area contributed by atoms with Crippen LogP contribution in [0.4, 0.5) is 0 Å². The molecule has 4 N–H and O–H groups in total. The fraction of sp³-hybridized carbons (Fsp3) is 0.762. The molecule has 0 spiro atoms. The second-order valence-corrected chi connectivity index (χ2v) is 16.6. The second kappa shape index (κ2) is 29.3. The molecule has 0 aliphatic rings. The van der Waals surface area contributed by atoms with Crippen molar-refractivity contribution in [2.24, 2.45) is 34.8 Å². The van der Waals surface area contributed by atoms with Gasteiger partial charge >= 0.3 is 5.97 Å². The molecule has 0 radical (unpaired) electrons. The predicted molar refractivity (Wildman–Crippen MR) is 225 cm³/mol. The number of amides is 3. The third-order valence-corrected chi connectivity index (χ3v) is 10.5. The van der Waals surface area contributed by atoms with E-state index in [1.165, 1.54) is 0 Å². The van der Waals surface area contributed by atoms with E-state index in [0.29, 0.717) is 82.5 Å². The Hall–Kier alpha value is -4.94. The van der Waals surface area contributed by atoms with Gasteiger partial charge in [0, 0.05) is 45.4 Å². The molecule has 19 heteroatoms. The van der Waals surface area contributed by atoms with E-state index in [0.717, 1.165) is 5.56 Å². The first-order valence-electron chi connectivity index (χ1n) is 21.2. The largest absolute Gasteiger partial charge is 0.493 e. The summed E-state index contributed by atoms with van der Waals surface area (Å²) in [5.41, 5.74) is 5.50. The van der Waals surface area contributed by atoms with E-state index in [1.54, 1.807) is 28.1 Å². The van der Waals surface area contributed by atoms with Gasteiger partial charge in [0.2, 0.25) is 17.7 Å². The van der Waals surface area contributed by atoms with Crippen LogP contribution in [0.5, 0.6) is 11.5 Å². The molecule has 1 rings (SSSR count). The highest BCUT2D eigenvalue weighted by molar-refractivity contribution is 5.83. The number of methoxy groups -OCH3 is 2. The zero-order valence-corrected chi connectivity index (χ0v) is 37.4. The molecular weight excluding hydrogens is 798 g/mol. The molecule has 1 aromatic carbocycles. The average molecular weight is 870 g/mol. The Kier molecular flexibility index (Phi) is 26.0. The molecule has 348 valence electrons. The molecule has 0 saturated heterocycles. The Morgan fingerprint density at radius 2 is 1.41 bits per heavy atom. The topological polar surface area (TPSA) is 260 Å². The first-order chi connectivity index (χ1) is 28.8. The van der Waals surface area contributed by atoms with Crippen molar-refractivity contribution in [2.45, 2.75) is 131 Å². The number of ether oxygens (including phenoxy) is 4. The number of nitrogens with one attached hydrogen (secondary N) is 2. The van der Waals surface area contributed by atoms with E-state index in [1.807, 2.05) is 32.0 Å². The summed E-state index contributed by atoms with van der Waals surface area (Å²) in [6.45, 7) is 11.9. The third kappa shape index (κ3) is 23.0. The number of hydrogen-bond acceptors (Lipinski definition) is 14. The van der Waals surface area contributed by atoms with Crippen molar-refractivity contribution < 1.29 is 58.0 Å². The lowest BCUT2D eigenvalue weighted by molar-refractivity contribution is -0.757. The van der Waals surface area contributed by atoms with Crippen molar-refractivity contribution in [3.05, 3.63) is 44.0 Å². The predicted octanol–water partition coefficient (Wildman–Crippen LogP) is 5.54. The highest BCUT2D eigenvalue weighted by Gasteiger charge is 2.36. The number of carbonyl (C=O) groups excluding carboxylic acids is 4. The maximum atomic E-state index is 13.8. The van der Waals surface area contributed by atoms with Crippen LogP contribution in [0, 0.1) is 49.3 Å². The van der Waals surface area contributed by atoms with Gasteiger partial charge in [0.25, 0.3) is 10.2 Å². The van der Waals surface area contributed by atoms with Crippen LogP contribution in [-0.2, 0) is 44.7 Å². The van der Waals surface area contributed by atoms with Crippen LogP contribution in [0.15, 0.2) is 18.2 Å². The summed E-state index contributed by atoms with van der Waals surface area (Å²) >= 11 is 0. The Morgan fingerprint density at radius 1 is 0.787 bits per heavy atom. The van der Waals surface area contributed by atoms with Gasteiger partial charge in [-0.25, -0.2) is 0 Å². The summed E-state index contributed by atoms with van der Waals surface area (Å²) in [7, 11) is 3.19. The van der Waals surface area contributed by atoms with Gasteiger partial charge in [0.05, 0.1) is 38.4 Å². The molecule has 4 unspecified atom stereocenters. The first-order valence-corrected chi connectivity index (χ1v) is 21.2. The summed E-state index contributed by atoms with van der Waals surface area (Å²) in [6.07, 6.45) is 3.21. The molecule has 0 bridgehead atoms. The zero-order valence-electron chi connectivity index (χ0n) is 37.4. The highest BCUT2D eigenvalue weighted by Crippen LogP contribution is 2.33. The van der Waals surface area contributed by atoms with Crippen LogP contribution >= 0.6 is 0 Å². The van der Waals surface area contributed by atoms with Gasteiger partial charge in [-0.15, -0.1) is 20.2 Å². The summed E-state index contributed by atoms with van der Waals surface area (Å²) < 4.78 is 23.0. The molecule has 0 aromatic heterocycles. The zero-order chi connectivity index (χ0) is 46.0. The molecule has 0 aliphatic carbocycles. The van der Waals surface area contributed by atoms with Crippen LogP contribution in [0.3, 0.4) is 0 Å². The minimum atomic E-state index is -1.03. The van der Waals surface area contributed by atoms with Crippen molar-refractivity contribution in [3.63, 3.8) is 0 Å². The van der Waals surface area contributed by atoms with E-state index in [9.17, 15) is 39.4 Å². The average Bonchev–Trinajstić information content (AvgIpc) is 3.18. The van der Waals surface area contributed by atoms with Gasteiger partial charge in [-0.3, -0.25) is 19.2 Å². The number of nitrogens with two attached hydrogens (primary N) is 1. The summed E-state index contributed by atoms with van der Waals surface area (Å²) in [6, 6.07) is 4.97. The summed E-state index contributed by atoms with van der Waals surface area (Å²) in [5, 5.41) is 25.3. The third-order valence-electron chi connectivity index (χ3n) is 10.5. The van der Waals surface area contributed by atoms with Gasteiger partial charge in [0.1, 0.15) is 6.10 Å². The Labute approximate surface area is 360 Å². The van der Waals surface area contributed by atoms with Crippen LogP contribution in [0.25, 0.3) is 0 Å². The molecule has 0 saturated carbocycles. The molecular formula is C42H71N5O14. The maximum Gasteiger partial charge on any atom is 0.306 e. The van der Waals surface area contributed by atoms with Gasteiger partial charge in [-0.05, 0) is 94.2 Å². The lowest BCUT2D eigenvalue weighted by Gasteiger charge is -2.35. The molecule has 1 aromatic rings. The van der Waals surface area contributed by atoms with Crippen molar-refractivity contribution >= 4 is 23.7 Å². The van der Waals surface area contributed by atoms with E-state index in [2.05, 4.69) is 34.2 Å². The Morgan fingerprint density at radius 3 is 1.95 bits per heavy atom. The molecule has 4 atom stereocenters. The lowest BCUT2D eigenvalue weighted by Crippen LogP contribution is -2.50. The summed E-state index contributed by atoms with van der Waals surface area (Å²) in [5.74, 6) is -1.64. The molecule has 19 nitrogen and oxygen atoms in total. The van der Waals surface area contributed by atoms with Crippen LogP contribution in [-0.4, -0.2) is 93.2 Å². The van der Waals surface area contributed by atoms with E-state index in [-0.39, 0.29) is 68.6 Å². The van der Waals surface area contributed by atoms with Crippen LogP contribution < -0.4 is 25.8 Å². The van der Waals surface area contributed by atoms with Crippen LogP contribution in [0.1, 0.15) is 118 Å². The second-order valence-electron chi connectivity index (χ2n) is 16.6. The number of rotatable bonds is 35. The fourth-order valence-corrected chi connectivity index (χ4v) is 6.52. The standard InChI is InChI=1S/C42H71N5O14/c1-29(2)32(24-31-18-19-35(57-8)37(25-31)58-21-15-20-56-7)26-34(45-38(48)16-11-9-13-22-59-46(52)53)36(61-39(49)17-12-10-14-23-60-47(54)55)27-33(30(3)4)40(50)44-28-42(5,6)41(43)51/h18-19,25,29-30,32-34,36H,9-17,20-24,26-28H2,1-8H3,(H2,43,51)(H,44,50)(H,45,48). The highest BCUT2D eigenvalue weighted by atomic mass is 17.0. The number of carbonyl (C=O) groups is 4. The number of nitrogens with zero attached hydrogens (tertiary/aromatic N) is 2. The SMILES string of the molecule is COCCCOc1cc(CC(CC(NC(=O)CCCCCO[N+](=O)[O-])C(CC(C(=O)NCC(C)(C)C(N)=O)C(C)C)OC(=O)CCCCCO[N+](=O)[O-])C(C)C)ccc1OC. The number of unbranched alkanes of at least 4 members (excludes halogenated alkanes) is 4. The molecule has 61 heavy (non-hydrogen) atoms. The van der Waals surface area contributed by atoms with Crippen molar-refractivity contribution in [1.29, 1.82) is 0 Å². The van der Waals surface area contributed by atoms with Crippen molar-refractivity contribution in [2.75, 3.05) is 47.2 Å². The minimum Gasteiger partial charge on any atom is -0.493 e. The molecule has 0 aliphatic heterocycles. The van der Waals surface area contributed by atoms with Gasteiger partial charge in [0.15, 0.2) is 11.5 Å². The molecule has 0 heterocycles. The van der Waals surface area contributed by atoms with Gasteiger partial charge in [-0.1, -0.05) is 46.6 Å². The molecule has 0 fully saturated rings. The van der Waals surface area contributed by atoms with E-state index >= 15 is 0 Å².